The molecular weight excluding hydrogens is 480 g/mol. The summed E-state index contributed by atoms with van der Waals surface area (Å²) in [6, 6.07) is 4.27. The van der Waals surface area contributed by atoms with E-state index in [4.69, 9.17) is 27.9 Å². The van der Waals surface area contributed by atoms with Gasteiger partial charge in [-0.05, 0) is 44.4 Å². The number of amides is 1. The highest BCUT2D eigenvalue weighted by Gasteiger charge is 2.59. The number of hydrogen-bond donors (Lipinski definition) is 2. The van der Waals surface area contributed by atoms with E-state index in [0.717, 1.165) is 12.8 Å². The molecule has 2 aliphatic heterocycles. The number of carbonyl (C=O) groups excluding carboxylic acids is 1. The first-order valence-corrected chi connectivity index (χ1v) is 10.7. The Kier molecular flexibility index (Phi) is 7.17. The first-order chi connectivity index (χ1) is 14.9. The van der Waals surface area contributed by atoms with Crippen molar-refractivity contribution < 1.29 is 31.5 Å². The third-order valence-electron chi connectivity index (χ3n) is 5.51. The monoisotopic (exact) mass is 501 g/mol. The number of ether oxygens (including phenoxy) is 1. The Morgan fingerprint density at radius 3 is 2.62 bits per heavy atom. The van der Waals surface area contributed by atoms with Gasteiger partial charge in [0.05, 0.1) is 12.6 Å². The number of benzene rings is 1. The van der Waals surface area contributed by atoms with Crippen molar-refractivity contribution in [3.8, 4) is 0 Å². The van der Waals surface area contributed by atoms with Crippen LogP contribution in [-0.2, 0) is 15.2 Å². The number of nitrogens with one attached hydrogen (secondary N) is 2. The van der Waals surface area contributed by atoms with Gasteiger partial charge >= 0.3 is 12.1 Å². The third kappa shape index (κ3) is 4.77. The van der Waals surface area contributed by atoms with Gasteiger partial charge in [0.15, 0.2) is 0 Å². The number of rotatable bonds is 6. The maximum Gasteiger partial charge on any atom is 0.455 e. The van der Waals surface area contributed by atoms with Crippen LogP contribution in [0, 0.1) is 0 Å². The van der Waals surface area contributed by atoms with Crippen LogP contribution in [0.3, 0.4) is 0 Å². The normalized spacial score (nSPS) is 24.2. The molecule has 1 fully saturated rings. The lowest BCUT2D eigenvalue weighted by atomic mass is 9.95. The third-order valence-corrected chi connectivity index (χ3v) is 6.08. The summed E-state index contributed by atoms with van der Waals surface area (Å²) in [6.45, 7) is 0.461. The van der Waals surface area contributed by atoms with E-state index in [1.807, 2.05) is 0 Å². The Labute approximate surface area is 191 Å². The summed E-state index contributed by atoms with van der Waals surface area (Å²) in [6.07, 6.45) is -2.11. The minimum Gasteiger partial charge on any atom is -0.376 e. The van der Waals surface area contributed by atoms with Gasteiger partial charge in [-0.3, -0.25) is 4.79 Å². The molecule has 2 N–H and O–H groups in total. The molecule has 1 aromatic rings. The highest BCUT2D eigenvalue weighted by molar-refractivity contribution is 6.34. The lowest BCUT2D eigenvalue weighted by Crippen LogP contribution is -2.62. The fraction of sp³-hybridized carbons (Fsp3) is 0.550. The zero-order chi connectivity index (χ0) is 23.7. The molecule has 5 nitrogen and oxygen atoms in total. The predicted molar refractivity (Wildman–Crippen MR) is 109 cm³/mol. The van der Waals surface area contributed by atoms with Crippen molar-refractivity contribution in [1.29, 1.82) is 0 Å². The SMILES string of the molecule is CC1=CNC(C(=O)NCC(F)(F)C(F)(F)F)(c2cc(Cl)ccc2Cl)N1CC1CCCCO1. The number of nitrogens with zero attached hydrogens (tertiary/aromatic N) is 1. The number of carbonyl (C=O) groups is 1. The van der Waals surface area contributed by atoms with Crippen LogP contribution in [0.4, 0.5) is 22.0 Å². The van der Waals surface area contributed by atoms with Gasteiger partial charge < -0.3 is 20.3 Å². The van der Waals surface area contributed by atoms with Crippen molar-refractivity contribution >= 4 is 29.1 Å². The second-order valence-corrected chi connectivity index (χ2v) is 8.59. The molecule has 0 saturated carbocycles. The van der Waals surface area contributed by atoms with Crippen LogP contribution in [0.2, 0.25) is 10.0 Å². The summed E-state index contributed by atoms with van der Waals surface area (Å²) < 4.78 is 70.8. The summed E-state index contributed by atoms with van der Waals surface area (Å²) in [7, 11) is 0. The van der Waals surface area contributed by atoms with Crippen molar-refractivity contribution in [2.45, 2.75) is 50.1 Å². The minimum absolute atomic E-state index is 0.0808. The van der Waals surface area contributed by atoms with Gasteiger partial charge in [-0.1, -0.05) is 23.2 Å². The Morgan fingerprint density at radius 1 is 1.28 bits per heavy atom. The van der Waals surface area contributed by atoms with Gasteiger partial charge in [-0.2, -0.15) is 22.0 Å². The number of hydrogen-bond acceptors (Lipinski definition) is 4. The molecule has 2 atom stereocenters. The van der Waals surface area contributed by atoms with E-state index in [-0.39, 0.29) is 28.3 Å². The zero-order valence-electron chi connectivity index (χ0n) is 17.0. The van der Waals surface area contributed by atoms with Gasteiger partial charge in [0.25, 0.3) is 5.91 Å². The highest BCUT2D eigenvalue weighted by atomic mass is 35.5. The smallest absolute Gasteiger partial charge is 0.376 e. The number of allylic oxidation sites excluding steroid dienone is 1. The van der Waals surface area contributed by atoms with Crippen molar-refractivity contribution in [3.05, 3.63) is 45.7 Å². The molecular formula is C20H22Cl2F5N3O2. The molecule has 0 aromatic heterocycles. The maximum absolute atomic E-state index is 13.5. The second-order valence-electron chi connectivity index (χ2n) is 7.75. The maximum atomic E-state index is 13.5. The van der Waals surface area contributed by atoms with Crippen LogP contribution in [-0.4, -0.2) is 48.7 Å². The van der Waals surface area contributed by atoms with Crippen molar-refractivity contribution in [2.24, 2.45) is 0 Å². The van der Waals surface area contributed by atoms with E-state index >= 15 is 0 Å². The highest BCUT2D eigenvalue weighted by Crippen LogP contribution is 2.40. The second kappa shape index (κ2) is 9.23. The van der Waals surface area contributed by atoms with E-state index in [9.17, 15) is 26.7 Å². The van der Waals surface area contributed by atoms with E-state index in [0.29, 0.717) is 18.7 Å². The van der Waals surface area contributed by atoms with Crippen LogP contribution in [0.1, 0.15) is 31.7 Å². The van der Waals surface area contributed by atoms with Crippen LogP contribution in [0.5, 0.6) is 0 Å². The van der Waals surface area contributed by atoms with Gasteiger partial charge in [-0.15, -0.1) is 0 Å². The van der Waals surface area contributed by atoms with Crippen LogP contribution in [0.25, 0.3) is 0 Å². The average molecular weight is 502 g/mol. The quantitative estimate of drug-likeness (QED) is 0.550. The molecule has 0 spiro atoms. The van der Waals surface area contributed by atoms with Crippen molar-refractivity contribution in [2.75, 3.05) is 19.7 Å². The molecule has 2 aliphatic rings. The molecule has 1 aromatic carbocycles. The van der Waals surface area contributed by atoms with E-state index < -0.39 is 30.2 Å². The lowest BCUT2D eigenvalue weighted by molar-refractivity contribution is -0.278. The standard InChI is InChI=1S/C20H22Cl2F5N3O2/c1-12-9-29-19(15-8-13(21)5-6-16(15)22,30(12)10-14-4-2-3-7-32-14)17(31)28-11-18(23,24)20(25,26)27/h5-6,8-9,14,29H,2-4,7,10-11H2,1H3,(H,28,31). The van der Waals surface area contributed by atoms with Crippen molar-refractivity contribution in [3.63, 3.8) is 0 Å². The molecule has 1 saturated heterocycles. The predicted octanol–water partition coefficient (Wildman–Crippen LogP) is 4.80. The Morgan fingerprint density at radius 2 is 2.00 bits per heavy atom. The summed E-state index contributed by atoms with van der Waals surface area (Å²) in [4.78, 5) is 14.9. The number of alkyl halides is 5. The Bertz CT molecular complexity index is 890. The average Bonchev–Trinajstić information content (AvgIpc) is 3.05. The van der Waals surface area contributed by atoms with Crippen LogP contribution >= 0.6 is 23.2 Å². The molecule has 12 heteroatoms. The largest absolute Gasteiger partial charge is 0.455 e. The Hall–Kier alpha value is -1.78. The van der Waals surface area contributed by atoms with E-state index in [1.165, 1.54) is 24.4 Å². The number of halogens is 7. The van der Waals surface area contributed by atoms with Gasteiger partial charge in [0.1, 0.15) is 0 Å². The van der Waals surface area contributed by atoms with E-state index in [2.05, 4.69) is 5.32 Å². The topological polar surface area (TPSA) is 53.6 Å². The summed E-state index contributed by atoms with van der Waals surface area (Å²) in [5, 5.41) is 4.89. The molecule has 2 heterocycles. The molecule has 0 radical (unpaired) electrons. The summed E-state index contributed by atoms with van der Waals surface area (Å²) in [5.74, 6) is -6.24. The van der Waals surface area contributed by atoms with Crippen LogP contribution in [0.15, 0.2) is 30.1 Å². The summed E-state index contributed by atoms with van der Waals surface area (Å²) >= 11 is 12.4. The minimum atomic E-state index is -5.81. The molecule has 0 bridgehead atoms. The molecule has 3 rings (SSSR count). The lowest BCUT2D eigenvalue weighted by Gasteiger charge is -2.42. The molecule has 1 amide bonds. The fourth-order valence-electron chi connectivity index (χ4n) is 3.79. The van der Waals surface area contributed by atoms with Gasteiger partial charge in [0, 0.05) is 40.7 Å². The van der Waals surface area contributed by atoms with E-state index in [1.54, 1.807) is 17.1 Å². The van der Waals surface area contributed by atoms with Crippen LogP contribution < -0.4 is 10.6 Å². The fourth-order valence-corrected chi connectivity index (χ4v) is 4.22. The first-order valence-electron chi connectivity index (χ1n) is 9.90. The summed E-state index contributed by atoms with van der Waals surface area (Å²) in [5.41, 5.74) is -1.23. The Balaban J connectivity index is 2.00. The zero-order valence-corrected chi connectivity index (χ0v) is 18.6. The van der Waals surface area contributed by atoms with Crippen molar-refractivity contribution in [1.82, 2.24) is 15.5 Å². The molecule has 178 valence electrons. The van der Waals surface area contributed by atoms with Gasteiger partial charge in [0.2, 0.25) is 5.66 Å². The molecule has 32 heavy (non-hydrogen) atoms. The molecule has 2 unspecified atom stereocenters. The van der Waals surface area contributed by atoms with Gasteiger partial charge in [-0.25, -0.2) is 0 Å². The molecule has 0 aliphatic carbocycles. The first kappa shape index (κ1) is 24.9.